The average Bonchev–Trinajstić information content (AvgIpc) is 2.69. The largest absolute Gasteiger partial charge is 0.462 e. The number of hydrogen-bond acceptors (Lipinski definition) is 6. The number of carbonyl (C=O) groups is 1. The quantitative estimate of drug-likeness (QED) is 0.567. The van der Waals surface area contributed by atoms with Gasteiger partial charge in [0.15, 0.2) is 20.7 Å². The molecule has 2 aromatic heterocycles. The number of aromatic nitrogens is 2. The predicted octanol–water partition coefficient (Wildman–Crippen LogP) is 2.77. The summed E-state index contributed by atoms with van der Waals surface area (Å²) in [5.74, 6) is -4.79. The van der Waals surface area contributed by atoms with Gasteiger partial charge in [-0.2, -0.15) is 0 Å². The van der Waals surface area contributed by atoms with Gasteiger partial charge in [0, 0.05) is 12.3 Å². The molecule has 0 aliphatic carbocycles. The van der Waals surface area contributed by atoms with Crippen LogP contribution in [0.4, 0.5) is 13.2 Å². The van der Waals surface area contributed by atoms with E-state index in [-0.39, 0.29) is 12.3 Å². The van der Waals surface area contributed by atoms with Crippen molar-refractivity contribution in [1.82, 2.24) is 9.55 Å². The Morgan fingerprint density at radius 2 is 1.83 bits per heavy atom. The summed E-state index contributed by atoms with van der Waals surface area (Å²) in [7, 11) is -4.13. The van der Waals surface area contributed by atoms with Crippen LogP contribution in [0, 0.1) is 17.5 Å². The number of pyridine rings is 2. The predicted molar refractivity (Wildman–Crippen MR) is 101 cm³/mol. The normalized spacial score (nSPS) is 11.6. The zero-order valence-electron chi connectivity index (χ0n) is 15.8. The van der Waals surface area contributed by atoms with Gasteiger partial charge in [-0.3, -0.25) is 9.36 Å². The van der Waals surface area contributed by atoms with E-state index in [2.05, 4.69) is 4.98 Å². The van der Waals surface area contributed by atoms with Crippen molar-refractivity contribution in [1.29, 1.82) is 0 Å². The molecule has 30 heavy (non-hydrogen) atoms. The van der Waals surface area contributed by atoms with Crippen LogP contribution in [0.1, 0.15) is 24.2 Å². The van der Waals surface area contributed by atoms with Gasteiger partial charge in [0.1, 0.15) is 22.8 Å². The molecule has 0 unspecified atom stereocenters. The number of esters is 1. The standard InChI is InChI=1S/C19H15F3N2O5S/c1-3-29-19(26)12-9-24(15-6-5-10(20)7-13(15)21)17-11(16(12)25)8-14(22)18(23-17)30(27,28)4-2/h5-9H,3-4H2,1-2H3. The maximum atomic E-state index is 14.5. The first-order valence-electron chi connectivity index (χ1n) is 8.72. The van der Waals surface area contributed by atoms with Crippen molar-refractivity contribution in [3.05, 3.63) is 63.7 Å². The van der Waals surface area contributed by atoms with E-state index < -0.39 is 66.1 Å². The lowest BCUT2D eigenvalue weighted by Gasteiger charge is -2.14. The van der Waals surface area contributed by atoms with Gasteiger partial charge in [-0.1, -0.05) is 6.92 Å². The number of benzene rings is 1. The summed E-state index contributed by atoms with van der Waals surface area (Å²) in [6.45, 7) is 2.71. The Balaban J connectivity index is 2.49. The second kappa shape index (κ2) is 7.90. The molecule has 0 fully saturated rings. The molecule has 0 aliphatic rings. The molecular weight excluding hydrogens is 425 g/mol. The fourth-order valence-corrected chi connectivity index (χ4v) is 3.63. The zero-order valence-corrected chi connectivity index (χ0v) is 16.6. The van der Waals surface area contributed by atoms with E-state index in [9.17, 15) is 31.2 Å². The number of rotatable bonds is 5. The monoisotopic (exact) mass is 440 g/mol. The van der Waals surface area contributed by atoms with Crippen molar-refractivity contribution in [3.63, 3.8) is 0 Å². The Hall–Kier alpha value is -3.21. The lowest BCUT2D eigenvalue weighted by Crippen LogP contribution is -2.22. The first-order valence-corrected chi connectivity index (χ1v) is 10.4. The third-order valence-electron chi connectivity index (χ3n) is 4.24. The van der Waals surface area contributed by atoms with Crippen molar-refractivity contribution >= 4 is 26.8 Å². The van der Waals surface area contributed by atoms with Crippen molar-refractivity contribution in [2.75, 3.05) is 12.4 Å². The van der Waals surface area contributed by atoms with Crippen LogP contribution in [-0.2, 0) is 14.6 Å². The molecule has 0 atom stereocenters. The molecule has 0 N–H and O–H groups in total. The van der Waals surface area contributed by atoms with E-state index in [1.54, 1.807) is 0 Å². The summed E-state index contributed by atoms with van der Waals surface area (Å²) in [5.41, 5.74) is -2.30. The number of sulfone groups is 1. The smallest absolute Gasteiger partial charge is 0.343 e. The molecule has 0 amide bonds. The number of hydrogen-bond donors (Lipinski definition) is 0. The molecule has 0 spiro atoms. The van der Waals surface area contributed by atoms with Crippen LogP contribution < -0.4 is 5.43 Å². The van der Waals surface area contributed by atoms with Crippen LogP contribution in [-0.4, -0.2) is 36.3 Å². The summed E-state index contributed by atoms with van der Waals surface area (Å²) in [6.07, 6.45) is 0.895. The van der Waals surface area contributed by atoms with E-state index in [1.807, 2.05) is 0 Å². The minimum atomic E-state index is -4.13. The Morgan fingerprint density at radius 3 is 2.43 bits per heavy atom. The van der Waals surface area contributed by atoms with Crippen LogP contribution in [0.3, 0.4) is 0 Å². The summed E-state index contributed by atoms with van der Waals surface area (Å²) in [6, 6.07) is 3.09. The summed E-state index contributed by atoms with van der Waals surface area (Å²) >= 11 is 0. The average molecular weight is 440 g/mol. The highest BCUT2D eigenvalue weighted by molar-refractivity contribution is 7.91. The van der Waals surface area contributed by atoms with Crippen LogP contribution in [0.5, 0.6) is 0 Å². The van der Waals surface area contributed by atoms with Gasteiger partial charge >= 0.3 is 5.97 Å². The van der Waals surface area contributed by atoms with Gasteiger partial charge in [0.25, 0.3) is 0 Å². The van der Waals surface area contributed by atoms with Crippen molar-refractivity contribution in [3.8, 4) is 5.69 Å². The van der Waals surface area contributed by atoms with Gasteiger partial charge in [-0.05, 0) is 25.1 Å². The van der Waals surface area contributed by atoms with E-state index in [4.69, 9.17) is 4.74 Å². The molecule has 158 valence electrons. The molecule has 0 bridgehead atoms. The number of carbonyl (C=O) groups excluding carboxylic acids is 1. The lowest BCUT2D eigenvalue weighted by atomic mass is 10.1. The summed E-state index contributed by atoms with van der Waals surface area (Å²) < 4.78 is 72.4. The molecule has 0 radical (unpaired) electrons. The number of fused-ring (bicyclic) bond motifs is 1. The summed E-state index contributed by atoms with van der Waals surface area (Å²) in [4.78, 5) is 28.7. The van der Waals surface area contributed by atoms with Crippen molar-refractivity contribution < 1.29 is 31.1 Å². The Labute approximate surface area is 168 Å². The molecule has 2 heterocycles. The van der Waals surface area contributed by atoms with Gasteiger partial charge in [0.2, 0.25) is 5.43 Å². The van der Waals surface area contributed by atoms with E-state index >= 15 is 0 Å². The highest BCUT2D eigenvalue weighted by atomic mass is 32.2. The molecule has 1 aromatic carbocycles. The highest BCUT2D eigenvalue weighted by Gasteiger charge is 2.25. The van der Waals surface area contributed by atoms with Crippen LogP contribution >= 0.6 is 0 Å². The van der Waals surface area contributed by atoms with Crippen LogP contribution in [0.15, 0.2) is 40.3 Å². The first kappa shape index (κ1) is 21.5. The van der Waals surface area contributed by atoms with Crippen LogP contribution in [0.25, 0.3) is 16.7 Å². The van der Waals surface area contributed by atoms with Gasteiger partial charge in [-0.25, -0.2) is 31.4 Å². The molecule has 0 saturated heterocycles. The molecule has 0 saturated carbocycles. The zero-order chi connectivity index (χ0) is 22.2. The Kier molecular flexibility index (Phi) is 5.66. The topological polar surface area (TPSA) is 95.3 Å². The van der Waals surface area contributed by atoms with E-state index in [1.165, 1.54) is 13.8 Å². The second-order valence-electron chi connectivity index (χ2n) is 6.11. The second-order valence-corrected chi connectivity index (χ2v) is 8.30. The Bertz CT molecular complexity index is 1340. The number of halogens is 3. The maximum Gasteiger partial charge on any atom is 0.343 e. The van der Waals surface area contributed by atoms with Crippen molar-refractivity contribution in [2.24, 2.45) is 0 Å². The molecular formula is C19H15F3N2O5S. The van der Waals surface area contributed by atoms with Crippen molar-refractivity contribution in [2.45, 2.75) is 18.9 Å². The molecule has 11 heteroatoms. The number of ether oxygens (including phenoxy) is 1. The maximum absolute atomic E-state index is 14.5. The first-order chi connectivity index (χ1) is 14.1. The fourth-order valence-electron chi connectivity index (χ4n) is 2.78. The minimum Gasteiger partial charge on any atom is -0.462 e. The third-order valence-corrected chi connectivity index (χ3v) is 5.87. The SMILES string of the molecule is CCOC(=O)c1cn(-c2ccc(F)cc2F)c2nc(S(=O)(=O)CC)c(F)cc2c1=O. The van der Waals surface area contributed by atoms with Gasteiger partial charge in [0.05, 0.1) is 23.4 Å². The molecule has 0 aliphatic heterocycles. The van der Waals surface area contributed by atoms with Crippen LogP contribution in [0.2, 0.25) is 0 Å². The van der Waals surface area contributed by atoms with E-state index in [0.717, 1.165) is 22.9 Å². The fraction of sp³-hybridized carbons (Fsp3) is 0.211. The molecule has 3 aromatic rings. The molecule has 3 rings (SSSR count). The lowest BCUT2D eigenvalue weighted by molar-refractivity contribution is 0.0524. The molecule has 7 nitrogen and oxygen atoms in total. The third kappa shape index (κ3) is 3.67. The Morgan fingerprint density at radius 1 is 1.13 bits per heavy atom. The van der Waals surface area contributed by atoms with Gasteiger partial charge < -0.3 is 4.74 Å². The minimum absolute atomic E-state index is 0.0679. The summed E-state index contributed by atoms with van der Waals surface area (Å²) in [5, 5.41) is -1.41. The van der Waals surface area contributed by atoms with Gasteiger partial charge in [-0.15, -0.1) is 0 Å². The highest BCUT2D eigenvalue weighted by Crippen LogP contribution is 2.23. The number of nitrogens with zero attached hydrogens (tertiary/aromatic N) is 2. The van der Waals surface area contributed by atoms with E-state index in [0.29, 0.717) is 12.1 Å².